The zero-order valence-corrected chi connectivity index (χ0v) is 12.4. The van der Waals surface area contributed by atoms with Crippen molar-refractivity contribution in [1.29, 1.82) is 0 Å². The molecule has 1 atom stereocenters. The molecule has 0 amide bonds. The van der Waals surface area contributed by atoms with Gasteiger partial charge < -0.3 is 10.3 Å². The summed E-state index contributed by atoms with van der Waals surface area (Å²) in [6.07, 6.45) is 5.12. The Labute approximate surface area is 114 Å². The zero-order chi connectivity index (χ0) is 14.2. The largest absolute Gasteiger partial charge is 0.350 e. The van der Waals surface area contributed by atoms with Crippen molar-refractivity contribution in [3.8, 4) is 0 Å². The number of benzene rings is 1. The van der Waals surface area contributed by atoms with Gasteiger partial charge in [0.15, 0.2) is 9.84 Å². The van der Waals surface area contributed by atoms with Gasteiger partial charge in [0.1, 0.15) is 0 Å². The summed E-state index contributed by atoms with van der Waals surface area (Å²) in [7, 11) is -1.24. The molecule has 0 aliphatic carbocycles. The van der Waals surface area contributed by atoms with Crippen LogP contribution in [0.3, 0.4) is 0 Å². The molecule has 0 aliphatic rings. The van der Waals surface area contributed by atoms with E-state index in [2.05, 4.69) is 6.92 Å². The molecule has 0 saturated heterocycles. The van der Waals surface area contributed by atoms with Gasteiger partial charge in [0, 0.05) is 36.4 Å². The highest BCUT2D eigenvalue weighted by Gasteiger charge is 2.15. The molecule has 0 fully saturated rings. The molecule has 104 valence electrons. The molecule has 0 radical (unpaired) electrons. The smallest absolute Gasteiger partial charge is 0.175 e. The third-order valence-electron chi connectivity index (χ3n) is 3.42. The van der Waals surface area contributed by atoms with Crippen molar-refractivity contribution in [3.63, 3.8) is 0 Å². The lowest BCUT2D eigenvalue weighted by Crippen LogP contribution is -2.09. The molecular weight excluding hydrogens is 260 g/mol. The minimum atomic E-state index is -3.19. The number of hydrogen-bond donors (Lipinski definition) is 1. The van der Waals surface area contributed by atoms with Gasteiger partial charge in [0.2, 0.25) is 0 Å². The Kier molecular flexibility index (Phi) is 3.69. The highest BCUT2D eigenvalue weighted by atomic mass is 32.2. The molecular formula is C14H20N2O2S. The fourth-order valence-electron chi connectivity index (χ4n) is 2.39. The van der Waals surface area contributed by atoms with E-state index < -0.39 is 9.84 Å². The molecule has 1 heterocycles. The van der Waals surface area contributed by atoms with E-state index in [1.165, 1.54) is 6.26 Å². The number of hydrogen-bond acceptors (Lipinski definition) is 3. The predicted octanol–water partition coefficient (Wildman–Crippen LogP) is 2.38. The van der Waals surface area contributed by atoms with E-state index in [9.17, 15) is 8.42 Å². The van der Waals surface area contributed by atoms with E-state index in [0.717, 1.165) is 29.3 Å². The highest BCUT2D eigenvalue weighted by Crippen LogP contribution is 2.29. The van der Waals surface area contributed by atoms with Crippen molar-refractivity contribution >= 4 is 20.7 Å². The Balaban J connectivity index is 2.65. The third kappa shape index (κ3) is 2.67. The summed E-state index contributed by atoms with van der Waals surface area (Å²) in [6.45, 7) is 2.09. The van der Waals surface area contributed by atoms with Crippen molar-refractivity contribution in [3.05, 3.63) is 30.0 Å². The number of aromatic nitrogens is 1. The van der Waals surface area contributed by atoms with E-state index in [1.807, 2.05) is 23.9 Å². The summed E-state index contributed by atoms with van der Waals surface area (Å²) in [5.41, 5.74) is 8.21. The van der Waals surface area contributed by atoms with Crippen LogP contribution in [0.1, 0.15) is 31.4 Å². The fourth-order valence-corrected chi connectivity index (χ4v) is 3.04. The fraction of sp³-hybridized carbons (Fsp3) is 0.429. The average Bonchev–Trinajstić information content (AvgIpc) is 2.66. The summed E-state index contributed by atoms with van der Waals surface area (Å²) in [5.74, 6) is 0. The molecule has 2 N–H and O–H groups in total. The second-order valence-electron chi connectivity index (χ2n) is 5.04. The van der Waals surface area contributed by atoms with Crippen molar-refractivity contribution in [2.24, 2.45) is 12.8 Å². The van der Waals surface area contributed by atoms with Gasteiger partial charge >= 0.3 is 0 Å². The van der Waals surface area contributed by atoms with Gasteiger partial charge in [-0.25, -0.2) is 8.42 Å². The molecule has 0 aliphatic heterocycles. The summed E-state index contributed by atoms with van der Waals surface area (Å²) in [6, 6.07) is 5.17. The Morgan fingerprint density at radius 3 is 2.63 bits per heavy atom. The van der Waals surface area contributed by atoms with Crippen molar-refractivity contribution in [2.75, 3.05) is 6.26 Å². The van der Waals surface area contributed by atoms with E-state index in [0.29, 0.717) is 4.90 Å². The Morgan fingerprint density at radius 1 is 1.37 bits per heavy atom. The Bertz CT molecular complexity index is 702. The van der Waals surface area contributed by atoms with Crippen LogP contribution in [0, 0.1) is 0 Å². The van der Waals surface area contributed by atoms with Gasteiger partial charge in [0.25, 0.3) is 0 Å². The van der Waals surface area contributed by atoms with Crippen molar-refractivity contribution < 1.29 is 8.42 Å². The molecule has 5 heteroatoms. The first-order valence-electron chi connectivity index (χ1n) is 6.39. The van der Waals surface area contributed by atoms with E-state index >= 15 is 0 Å². The summed E-state index contributed by atoms with van der Waals surface area (Å²) >= 11 is 0. The standard InChI is InChI=1S/C14H20N2O2S/c1-4-5-13(15)12-9-16(2)14-7-6-10(8-11(12)14)19(3,17)18/h6-9,13H,4-5,15H2,1-3H3. The van der Waals surface area contributed by atoms with Crippen LogP contribution in [0.15, 0.2) is 29.3 Å². The minimum Gasteiger partial charge on any atom is -0.350 e. The minimum absolute atomic E-state index is 0.0523. The highest BCUT2D eigenvalue weighted by molar-refractivity contribution is 7.90. The van der Waals surface area contributed by atoms with Crippen LogP contribution in [0.5, 0.6) is 0 Å². The number of nitrogens with zero attached hydrogens (tertiary/aromatic N) is 1. The zero-order valence-electron chi connectivity index (χ0n) is 11.6. The molecule has 2 rings (SSSR count). The van der Waals surface area contributed by atoms with Crippen LogP contribution < -0.4 is 5.73 Å². The quantitative estimate of drug-likeness (QED) is 0.935. The summed E-state index contributed by atoms with van der Waals surface area (Å²) < 4.78 is 25.3. The molecule has 19 heavy (non-hydrogen) atoms. The summed E-state index contributed by atoms with van der Waals surface area (Å²) in [4.78, 5) is 0.344. The Morgan fingerprint density at radius 2 is 2.05 bits per heavy atom. The van der Waals surface area contributed by atoms with Gasteiger partial charge in [-0.2, -0.15) is 0 Å². The van der Waals surface area contributed by atoms with Crippen molar-refractivity contribution in [1.82, 2.24) is 4.57 Å². The lowest BCUT2D eigenvalue weighted by Gasteiger charge is -2.09. The molecule has 1 aromatic heterocycles. The van der Waals surface area contributed by atoms with E-state index in [1.54, 1.807) is 12.1 Å². The molecule has 2 aromatic rings. The first-order valence-corrected chi connectivity index (χ1v) is 8.28. The molecule has 0 bridgehead atoms. The maximum absolute atomic E-state index is 11.7. The number of rotatable bonds is 4. The van der Waals surface area contributed by atoms with Gasteiger partial charge in [-0.1, -0.05) is 13.3 Å². The molecule has 4 nitrogen and oxygen atoms in total. The first-order chi connectivity index (χ1) is 8.84. The second-order valence-corrected chi connectivity index (χ2v) is 7.06. The number of nitrogens with two attached hydrogens (primary N) is 1. The van der Waals surface area contributed by atoms with Crippen LogP contribution in [0.25, 0.3) is 10.9 Å². The molecule has 0 spiro atoms. The first kappa shape index (κ1) is 14.1. The van der Waals surface area contributed by atoms with Crippen molar-refractivity contribution in [2.45, 2.75) is 30.7 Å². The lowest BCUT2D eigenvalue weighted by atomic mass is 10.0. The lowest BCUT2D eigenvalue weighted by molar-refractivity contribution is 0.602. The average molecular weight is 280 g/mol. The van der Waals surface area contributed by atoms with Crippen LogP contribution in [-0.4, -0.2) is 19.2 Å². The van der Waals surface area contributed by atoms with Gasteiger partial charge in [-0.15, -0.1) is 0 Å². The van der Waals surface area contributed by atoms with E-state index in [4.69, 9.17) is 5.73 Å². The maximum atomic E-state index is 11.7. The van der Waals surface area contributed by atoms with Crippen LogP contribution >= 0.6 is 0 Å². The van der Waals surface area contributed by atoms with E-state index in [-0.39, 0.29) is 6.04 Å². The number of aryl methyl sites for hydroxylation is 1. The summed E-state index contributed by atoms with van der Waals surface area (Å²) in [5, 5.41) is 0.936. The molecule has 0 saturated carbocycles. The van der Waals surface area contributed by atoms with Gasteiger partial charge in [-0.3, -0.25) is 0 Å². The topological polar surface area (TPSA) is 65.1 Å². The third-order valence-corrected chi connectivity index (χ3v) is 4.53. The number of sulfone groups is 1. The maximum Gasteiger partial charge on any atom is 0.175 e. The van der Waals surface area contributed by atoms with Crippen LogP contribution in [-0.2, 0) is 16.9 Å². The SMILES string of the molecule is CCCC(N)c1cn(C)c2ccc(S(C)(=O)=O)cc12. The predicted molar refractivity (Wildman–Crippen MR) is 77.9 cm³/mol. The molecule has 1 unspecified atom stereocenters. The monoisotopic (exact) mass is 280 g/mol. The van der Waals surface area contributed by atoms with Gasteiger partial charge in [-0.05, 0) is 30.2 Å². The van der Waals surface area contributed by atoms with Gasteiger partial charge in [0.05, 0.1) is 4.90 Å². The Hall–Kier alpha value is -1.33. The van der Waals surface area contributed by atoms with Crippen LogP contribution in [0.4, 0.5) is 0 Å². The van der Waals surface area contributed by atoms with Crippen LogP contribution in [0.2, 0.25) is 0 Å². The number of fused-ring (bicyclic) bond motifs is 1. The molecule has 1 aromatic carbocycles. The second kappa shape index (κ2) is 4.98. The normalized spacial score (nSPS) is 13.9.